The molecule has 4 nitrogen and oxygen atoms in total. The van der Waals surface area contributed by atoms with E-state index in [0.29, 0.717) is 6.79 Å². The Labute approximate surface area is 141 Å². The van der Waals surface area contributed by atoms with Gasteiger partial charge in [-0.15, -0.1) is 0 Å². The van der Waals surface area contributed by atoms with Crippen molar-refractivity contribution in [1.29, 1.82) is 0 Å². The van der Waals surface area contributed by atoms with Gasteiger partial charge in [0.15, 0.2) is 11.5 Å². The first kappa shape index (κ1) is 15.7. The van der Waals surface area contributed by atoms with E-state index in [4.69, 9.17) is 21.1 Å². The number of anilines is 1. The molecule has 0 radical (unpaired) electrons. The molecule has 0 amide bonds. The molecule has 1 aliphatic rings. The van der Waals surface area contributed by atoms with Crippen molar-refractivity contribution in [1.82, 2.24) is 0 Å². The number of nitrogens with one attached hydrogen (secondary N) is 1. The molecular formula is C18H19ClN2O2. The highest BCUT2D eigenvalue weighted by Gasteiger charge is 2.12. The van der Waals surface area contributed by atoms with Crippen LogP contribution in [0.4, 0.5) is 5.69 Å². The summed E-state index contributed by atoms with van der Waals surface area (Å²) in [6.45, 7) is 4.30. The highest BCUT2D eigenvalue weighted by molar-refractivity contribution is 6.31. The Morgan fingerprint density at radius 2 is 2.00 bits per heavy atom. The molecule has 1 aliphatic heterocycles. The number of hydrazone groups is 1. The highest BCUT2D eigenvalue weighted by atomic mass is 35.5. The highest BCUT2D eigenvalue weighted by Crippen LogP contribution is 2.32. The zero-order valence-corrected chi connectivity index (χ0v) is 14.0. The lowest BCUT2D eigenvalue weighted by Crippen LogP contribution is -2.00. The largest absolute Gasteiger partial charge is 0.454 e. The van der Waals surface area contributed by atoms with E-state index in [1.165, 1.54) is 5.56 Å². The third-order valence-corrected chi connectivity index (χ3v) is 4.17. The molecule has 5 heteroatoms. The predicted octanol–water partition coefficient (Wildman–Crippen LogP) is 4.80. The van der Waals surface area contributed by atoms with E-state index in [-0.39, 0.29) is 0 Å². The van der Waals surface area contributed by atoms with Crippen molar-refractivity contribution in [3.05, 3.63) is 52.5 Å². The molecule has 0 fully saturated rings. The Hall–Kier alpha value is -2.20. The number of ether oxygens (including phenoxy) is 2. The molecule has 3 rings (SSSR count). The van der Waals surface area contributed by atoms with Crippen molar-refractivity contribution in [3.63, 3.8) is 0 Å². The number of halogens is 1. The number of hydrogen-bond acceptors (Lipinski definition) is 4. The lowest BCUT2D eigenvalue weighted by Gasteiger charge is -2.06. The summed E-state index contributed by atoms with van der Waals surface area (Å²) in [4.78, 5) is 0. The molecule has 23 heavy (non-hydrogen) atoms. The lowest BCUT2D eigenvalue weighted by atomic mass is 10.1. The number of rotatable bonds is 5. The summed E-state index contributed by atoms with van der Waals surface area (Å²) in [7, 11) is 0. The molecule has 2 aromatic carbocycles. The van der Waals surface area contributed by atoms with Gasteiger partial charge in [-0.05, 0) is 62.1 Å². The normalized spacial score (nSPS) is 13.3. The van der Waals surface area contributed by atoms with E-state index in [9.17, 15) is 0 Å². The van der Waals surface area contributed by atoms with Crippen LogP contribution in [0, 0.1) is 6.92 Å². The summed E-state index contributed by atoms with van der Waals surface area (Å²) in [6, 6.07) is 11.9. The van der Waals surface area contributed by atoms with Crippen molar-refractivity contribution in [2.75, 3.05) is 12.2 Å². The average molecular weight is 331 g/mol. The van der Waals surface area contributed by atoms with Gasteiger partial charge in [-0.2, -0.15) is 5.10 Å². The molecule has 0 saturated heterocycles. The third kappa shape index (κ3) is 3.96. The zero-order chi connectivity index (χ0) is 16.2. The van der Waals surface area contributed by atoms with Crippen molar-refractivity contribution in [3.8, 4) is 11.5 Å². The van der Waals surface area contributed by atoms with Gasteiger partial charge in [0, 0.05) is 10.7 Å². The van der Waals surface area contributed by atoms with E-state index in [1.807, 2.05) is 44.2 Å². The summed E-state index contributed by atoms with van der Waals surface area (Å²) in [5, 5.41) is 5.14. The minimum Gasteiger partial charge on any atom is -0.454 e. The van der Waals surface area contributed by atoms with Crippen LogP contribution in [0.3, 0.4) is 0 Å². The molecule has 0 unspecified atom stereocenters. The number of hydrogen-bond donors (Lipinski definition) is 1. The van der Waals surface area contributed by atoms with Crippen LogP contribution in [-0.4, -0.2) is 12.5 Å². The van der Waals surface area contributed by atoms with Crippen LogP contribution < -0.4 is 14.9 Å². The maximum absolute atomic E-state index is 6.11. The monoisotopic (exact) mass is 330 g/mol. The Bertz CT molecular complexity index is 744. The first-order valence-corrected chi connectivity index (χ1v) is 7.93. The van der Waals surface area contributed by atoms with Gasteiger partial charge in [0.05, 0.1) is 5.69 Å². The summed E-state index contributed by atoms with van der Waals surface area (Å²) >= 11 is 6.11. The molecular weight excluding hydrogens is 312 g/mol. The first-order chi connectivity index (χ1) is 11.1. The molecule has 0 spiro atoms. The van der Waals surface area contributed by atoms with Crippen LogP contribution in [0.15, 0.2) is 41.5 Å². The number of fused-ring (bicyclic) bond motifs is 1. The number of aryl methyl sites for hydroxylation is 2. The minimum atomic E-state index is 0.308. The van der Waals surface area contributed by atoms with Crippen LogP contribution in [0.25, 0.3) is 0 Å². The fourth-order valence-electron chi connectivity index (χ4n) is 2.30. The second kappa shape index (κ2) is 6.92. The average Bonchev–Trinajstić information content (AvgIpc) is 3.01. The quantitative estimate of drug-likeness (QED) is 0.632. The van der Waals surface area contributed by atoms with E-state index in [1.54, 1.807) is 0 Å². The third-order valence-electron chi connectivity index (χ3n) is 3.76. The summed E-state index contributed by atoms with van der Waals surface area (Å²) in [6.07, 6.45) is 1.77. The van der Waals surface area contributed by atoms with Gasteiger partial charge in [0.25, 0.3) is 0 Å². The van der Waals surface area contributed by atoms with Crippen molar-refractivity contribution in [2.24, 2.45) is 5.10 Å². The SMILES string of the molecule is CC(CCc1ccc2c(c1)OCO2)=NNc1ccc(C)c(Cl)c1. The topological polar surface area (TPSA) is 42.9 Å². The fourth-order valence-corrected chi connectivity index (χ4v) is 2.48. The maximum atomic E-state index is 6.11. The van der Waals surface area contributed by atoms with Crippen molar-refractivity contribution in [2.45, 2.75) is 26.7 Å². The lowest BCUT2D eigenvalue weighted by molar-refractivity contribution is 0.174. The molecule has 0 aliphatic carbocycles. The van der Waals surface area contributed by atoms with Crippen molar-refractivity contribution >= 4 is 23.0 Å². The molecule has 0 bridgehead atoms. The van der Waals surface area contributed by atoms with E-state index in [2.05, 4.69) is 16.6 Å². The maximum Gasteiger partial charge on any atom is 0.231 e. The van der Waals surface area contributed by atoms with Gasteiger partial charge in [0.1, 0.15) is 0 Å². The molecule has 1 N–H and O–H groups in total. The Kier molecular flexibility index (Phi) is 4.72. The van der Waals surface area contributed by atoms with Gasteiger partial charge in [0.2, 0.25) is 6.79 Å². The summed E-state index contributed by atoms with van der Waals surface area (Å²) in [5.41, 5.74) is 7.23. The Morgan fingerprint density at radius 1 is 1.17 bits per heavy atom. The number of nitrogens with zero attached hydrogens (tertiary/aromatic N) is 1. The second-order valence-electron chi connectivity index (χ2n) is 5.61. The van der Waals surface area contributed by atoms with Crippen LogP contribution in [0.2, 0.25) is 5.02 Å². The van der Waals surface area contributed by atoms with Crippen LogP contribution in [0.5, 0.6) is 11.5 Å². The van der Waals surface area contributed by atoms with Crippen LogP contribution in [-0.2, 0) is 6.42 Å². The van der Waals surface area contributed by atoms with E-state index < -0.39 is 0 Å². The second-order valence-corrected chi connectivity index (χ2v) is 6.02. The Balaban J connectivity index is 1.56. The molecule has 0 atom stereocenters. The van der Waals surface area contributed by atoms with Gasteiger partial charge in [-0.1, -0.05) is 23.7 Å². The van der Waals surface area contributed by atoms with E-state index in [0.717, 1.165) is 46.3 Å². The zero-order valence-electron chi connectivity index (χ0n) is 13.2. The molecule has 0 saturated carbocycles. The van der Waals surface area contributed by atoms with Gasteiger partial charge in [-0.3, -0.25) is 5.43 Å². The van der Waals surface area contributed by atoms with Gasteiger partial charge < -0.3 is 9.47 Å². The number of benzene rings is 2. The molecule has 2 aromatic rings. The molecule has 0 aromatic heterocycles. The summed E-state index contributed by atoms with van der Waals surface area (Å²) in [5.74, 6) is 1.64. The van der Waals surface area contributed by atoms with Crippen LogP contribution in [0.1, 0.15) is 24.5 Å². The fraction of sp³-hybridized carbons (Fsp3) is 0.278. The summed E-state index contributed by atoms with van der Waals surface area (Å²) < 4.78 is 10.7. The minimum absolute atomic E-state index is 0.308. The standard InChI is InChI=1S/C18H19ClN2O2/c1-12-3-7-15(10-16(12)19)21-20-13(2)4-5-14-6-8-17-18(9-14)23-11-22-17/h3,6-10,21H,4-5,11H2,1-2H3. The molecule has 120 valence electrons. The van der Waals surface area contributed by atoms with Crippen LogP contribution >= 0.6 is 11.6 Å². The first-order valence-electron chi connectivity index (χ1n) is 7.55. The smallest absolute Gasteiger partial charge is 0.231 e. The van der Waals surface area contributed by atoms with Gasteiger partial charge >= 0.3 is 0 Å². The van der Waals surface area contributed by atoms with Crippen molar-refractivity contribution < 1.29 is 9.47 Å². The van der Waals surface area contributed by atoms with Gasteiger partial charge in [-0.25, -0.2) is 0 Å². The van der Waals surface area contributed by atoms with E-state index >= 15 is 0 Å². The molecule has 1 heterocycles. The predicted molar refractivity (Wildman–Crippen MR) is 93.8 cm³/mol. The Morgan fingerprint density at radius 3 is 2.83 bits per heavy atom.